The van der Waals surface area contributed by atoms with Gasteiger partial charge in [-0.25, -0.2) is 4.79 Å². The standard InChI is InChI=1S/C14H16BrNO5/c15-10-2-1-3-11(8-10)20-6-4-13(17)16-5-7-21-12(9-16)14(18)19/h1-3,8,12H,4-7,9H2,(H,18,19). The van der Waals surface area contributed by atoms with E-state index < -0.39 is 12.1 Å². The summed E-state index contributed by atoms with van der Waals surface area (Å²) in [5.74, 6) is -0.486. The molecular weight excluding hydrogens is 342 g/mol. The van der Waals surface area contributed by atoms with Gasteiger partial charge in [0.05, 0.1) is 26.2 Å². The van der Waals surface area contributed by atoms with Gasteiger partial charge < -0.3 is 19.5 Å². The average molecular weight is 358 g/mol. The number of ether oxygens (including phenoxy) is 2. The molecular formula is C14H16BrNO5. The van der Waals surface area contributed by atoms with E-state index in [1.165, 1.54) is 4.90 Å². The van der Waals surface area contributed by atoms with E-state index in [2.05, 4.69) is 15.9 Å². The smallest absolute Gasteiger partial charge is 0.334 e. The Morgan fingerprint density at radius 3 is 3.00 bits per heavy atom. The number of aliphatic carboxylic acids is 1. The maximum Gasteiger partial charge on any atom is 0.334 e. The van der Waals surface area contributed by atoms with Gasteiger partial charge >= 0.3 is 5.97 Å². The van der Waals surface area contributed by atoms with E-state index in [1.54, 1.807) is 0 Å². The topological polar surface area (TPSA) is 76.1 Å². The third kappa shape index (κ3) is 4.71. The number of rotatable bonds is 5. The predicted molar refractivity (Wildman–Crippen MR) is 78.2 cm³/mol. The van der Waals surface area contributed by atoms with Gasteiger partial charge in [0.25, 0.3) is 0 Å². The summed E-state index contributed by atoms with van der Waals surface area (Å²) in [6.45, 7) is 1.00. The Hall–Kier alpha value is -1.60. The number of benzene rings is 1. The zero-order chi connectivity index (χ0) is 15.2. The molecule has 21 heavy (non-hydrogen) atoms. The molecule has 6 nitrogen and oxygen atoms in total. The molecule has 1 aliphatic rings. The van der Waals surface area contributed by atoms with Crippen LogP contribution in [-0.2, 0) is 14.3 Å². The number of hydrogen-bond donors (Lipinski definition) is 1. The third-order valence-corrected chi connectivity index (χ3v) is 3.57. The van der Waals surface area contributed by atoms with E-state index in [0.29, 0.717) is 12.3 Å². The van der Waals surface area contributed by atoms with Crippen LogP contribution in [0.25, 0.3) is 0 Å². The van der Waals surface area contributed by atoms with E-state index in [4.69, 9.17) is 14.6 Å². The number of carboxylic acids is 1. The largest absolute Gasteiger partial charge is 0.493 e. The maximum atomic E-state index is 12.0. The first kappa shape index (κ1) is 15.8. The molecule has 1 aliphatic heterocycles. The molecule has 0 radical (unpaired) electrons. The van der Waals surface area contributed by atoms with E-state index in [9.17, 15) is 9.59 Å². The first-order valence-electron chi connectivity index (χ1n) is 6.57. The monoisotopic (exact) mass is 357 g/mol. The highest BCUT2D eigenvalue weighted by atomic mass is 79.9. The van der Waals surface area contributed by atoms with Crippen molar-refractivity contribution in [2.45, 2.75) is 12.5 Å². The predicted octanol–water partition coefficient (Wildman–Crippen LogP) is 1.53. The quantitative estimate of drug-likeness (QED) is 0.864. The molecule has 1 saturated heterocycles. The Kier molecular flexibility index (Phi) is 5.58. The number of hydrogen-bond acceptors (Lipinski definition) is 4. The lowest BCUT2D eigenvalue weighted by Crippen LogP contribution is -2.48. The molecule has 0 bridgehead atoms. The first-order valence-corrected chi connectivity index (χ1v) is 7.36. The molecule has 2 rings (SSSR count). The second-order valence-corrected chi connectivity index (χ2v) is 5.51. The first-order chi connectivity index (χ1) is 10.1. The highest BCUT2D eigenvalue weighted by Gasteiger charge is 2.28. The Labute approximate surface area is 130 Å². The number of morpholine rings is 1. The van der Waals surface area contributed by atoms with Crippen molar-refractivity contribution in [1.82, 2.24) is 4.90 Å². The van der Waals surface area contributed by atoms with Crippen molar-refractivity contribution in [3.63, 3.8) is 0 Å². The van der Waals surface area contributed by atoms with Gasteiger partial charge in [-0.3, -0.25) is 4.79 Å². The molecule has 1 heterocycles. The SMILES string of the molecule is O=C(O)C1CN(C(=O)CCOc2cccc(Br)c2)CCO1. The molecule has 1 aromatic rings. The van der Waals surface area contributed by atoms with Crippen LogP contribution < -0.4 is 4.74 Å². The molecule has 0 aromatic heterocycles. The van der Waals surface area contributed by atoms with E-state index >= 15 is 0 Å². The fourth-order valence-corrected chi connectivity index (χ4v) is 2.37. The van der Waals surface area contributed by atoms with E-state index in [-0.39, 0.29) is 32.1 Å². The van der Waals surface area contributed by atoms with Crippen LogP contribution in [0.5, 0.6) is 5.75 Å². The summed E-state index contributed by atoms with van der Waals surface area (Å²) < 4.78 is 11.5. The Balaban J connectivity index is 1.78. The number of carbonyl (C=O) groups excluding carboxylic acids is 1. The Morgan fingerprint density at radius 2 is 2.29 bits per heavy atom. The summed E-state index contributed by atoms with van der Waals surface area (Å²) in [7, 11) is 0. The van der Waals surface area contributed by atoms with Crippen molar-refractivity contribution in [3.05, 3.63) is 28.7 Å². The minimum absolute atomic E-state index is 0.0883. The van der Waals surface area contributed by atoms with Gasteiger partial charge in [-0.05, 0) is 18.2 Å². The third-order valence-electron chi connectivity index (χ3n) is 3.08. The average Bonchev–Trinajstić information content (AvgIpc) is 2.47. The van der Waals surface area contributed by atoms with E-state index in [0.717, 1.165) is 4.47 Å². The summed E-state index contributed by atoms with van der Waals surface area (Å²) in [6, 6.07) is 7.36. The molecule has 0 spiro atoms. The lowest BCUT2D eigenvalue weighted by Gasteiger charge is -2.30. The lowest BCUT2D eigenvalue weighted by atomic mass is 10.2. The van der Waals surface area contributed by atoms with Crippen molar-refractivity contribution in [3.8, 4) is 5.75 Å². The van der Waals surface area contributed by atoms with Crippen LogP contribution in [0.4, 0.5) is 0 Å². The van der Waals surface area contributed by atoms with Crippen LogP contribution in [0.1, 0.15) is 6.42 Å². The van der Waals surface area contributed by atoms with Crippen LogP contribution in [0.15, 0.2) is 28.7 Å². The molecule has 1 aromatic carbocycles. The van der Waals surface area contributed by atoms with Gasteiger partial charge in [0.15, 0.2) is 6.10 Å². The van der Waals surface area contributed by atoms with Crippen molar-refractivity contribution >= 4 is 27.8 Å². The van der Waals surface area contributed by atoms with Crippen LogP contribution in [0.2, 0.25) is 0 Å². The summed E-state index contributed by atoms with van der Waals surface area (Å²) in [5.41, 5.74) is 0. The number of carboxylic acid groups (broad SMARTS) is 1. The second-order valence-electron chi connectivity index (χ2n) is 4.59. The van der Waals surface area contributed by atoms with Crippen LogP contribution >= 0.6 is 15.9 Å². The van der Waals surface area contributed by atoms with Gasteiger partial charge in [-0.2, -0.15) is 0 Å². The molecule has 1 atom stereocenters. The molecule has 0 aliphatic carbocycles. The van der Waals surface area contributed by atoms with Crippen molar-refractivity contribution in [2.75, 3.05) is 26.3 Å². The lowest BCUT2D eigenvalue weighted by molar-refractivity contribution is -0.159. The molecule has 7 heteroatoms. The van der Waals surface area contributed by atoms with Gasteiger partial charge in [-0.1, -0.05) is 22.0 Å². The summed E-state index contributed by atoms with van der Waals surface area (Å²) >= 11 is 3.34. The van der Waals surface area contributed by atoms with Crippen molar-refractivity contribution < 1.29 is 24.2 Å². The Bertz CT molecular complexity index is 522. The van der Waals surface area contributed by atoms with Crippen LogP contribution in [0.3, 0.4) is 0 Å². The molecule has 1 fully saturated rings. The zero-order valence-electron chi connectivity index (χ0n) is 11.3. The number of carbonyl (C=O) groups is 2. The van der Waals surface area contributed by atoms with Crippen LogP contribution in [0, 0.1) is 0 Å². The van der Waals surface area contributed by atoms with Gasteiger partial charge in [0, 0.05) is 11.0 Å². The number of nitrogens with zero attached hydrogens (tertiary/aromatic N) is 1. The molecule has 1 unspecified atom stereocenters. The summed E-state index contributed by atoms with van der Waals surface area (Å²) in [4.78, 5) is 24.4. The summed E-state index contributed by atoms with van der Waals surface area (Å²) in [6.07, 6.45) is -0.729. The van der Waals surface area contributed by atoms with E-state index in [1.807, 2.05) is 24.3 Å². The highest BCUT2D eigenvalue weighted by molar-refractivity contribution is 9.10. The van der Waals surface area contributed by atoms with Crippen LogP contribution in [-0.4, -0.2) is 54.3 Å². The van der Waals surface area contributed by atoms with Crippen molar-refractivity contribution in [1.29, 1.82) is 0 Å². The van der Waals surface area contributed by atoms with Gasteiger partial charge in [0.1, 0.15) is 5.75 Å². The molecule has 114 valence electrons. The second kappa shape index (κ2) is 7.42. The molecule has 1 N–H and O–H groups in total. The summed E-state index contributed by atoms with van der Waals surface area (Å²) in [5, 5.41) is 8.90. The fraction of sp³-hybridized carbons (Fsp3) is 0.429. The molecule has 1 amide bonds. The molecule has 0 saturated carbocycles. The number of amides is 1. The maximum absolute atomic E-state index is 12.0. The van der Waals surface area contributed by atoms with Gasteiger partial charge in [-0.15, -0.1) is 0 Å². The minimum atomic E-state index is -1.04. The highest BCUT2D eigenvalue weighted by Crippen LogP contribution is 2.18. The number of halogens is 1. The van der Waals surface area contributed by atoms with Crippen molar-refractivity contribution in [2.24, 2.45) is 0 Å². The Morgan fingerprint density at radius 1 is 1.48 bits per heavy atom. The minimum Gasteiger partial charge on any atom is -0.493 e. The van der Waals surface area contributed by atoms with Gasteiger partial charge in [0.2, 0.25) is 5.91 Å². The normalized spacial score (nSPS) is 18.3. The fourth-order valence-electron chi connectivity index (χ4n) is 2.00. The zero-order valence-corrected chi connectivity index (χ0v) is 12.9.